The van der Waals surface area contributed by atoms with Crippen LogP contribution in [0, 0.1) is 23.7 Å². The Morgan fingerprint density at radius 3 is 2.18 bits per heavy atom. The third-order valence-corrected chi connectivity index (χ3v) is 12.6. The van der Waals surface area contributed by atoms with Crippen molar-refractivity contribution >= 4 is 25.5 Å². The molecule has 154 valence electrons. The smallest absolute Gasteiger partial charge is 0.250 e. The average molecular weight is 417 g/mol. The SMILES string of the molecule is CC(C)(C)[Si](C)(C)Oc1cccc(C(CCCl)=C2C3CC4CC(C3)CC2C4)c1. The summed E-state index contributed by atoms with van der Waals surface area (Å²) in [7, 11) is -1.83. The summed E-state index contributed by atoms with van der Waals surface area (Å²) in [5.74, 6) is 5.38. The van der Waals surface area contributed by atoms with Crippen LogP contribution >= 0.6 is 11.6 Å². The number of hydrogen-bond donors (Lipinski definition) is 0. The molecule has 0 heterocycles. The van der Waals surface area contributed by atoms with E-state index in [1.54, 1.807) is 11.1 Å². The van der Waals surface area contributed by atoms with Crippen molar-refractivity contribution in [2.75, 3.05) is 5.88 Å². The molecule has 4 aliphatic carbocycles. The zero-order valence-electron chi connectivity index (χ0n) is 18.4. The van der Waals surface area contributed by atoms with Crippen molar-refractivity contribution in [1.29, 1.82) is 0 Å². The van der Waals surface area contributed by atoms with Gasteiger partial charge in [0, 0.05) is 5.88 Å². The number of allylic oxidation sites excluding steroid dienone is 2. The van der Waals surface area contributed by atoms with E-state index in [0.29, 0.717) is 5.88 Å². The lowest BCUT2D eigenvalue weighted by molar-refractivity contribution is 0.0702. The number of alkyl halides is 1. The highest BCUT2D eigenvalue weighted by Gasteiger charge is 2.46. The third-order valence-electron chi connectivity index (χ3n) is 8.07. The second-order valence-corrected chi connectivity index (χ2v) is 16.2. The first-order valence-electron chi connectivity index (χ1n) is 11.3. The topological polar surface area (TPSA) is 9.23 Å². The predicted molar refractivity (Wildman–Crippen MR) is 124 cm³/mol. The molecule has 0 saturated heterocycles. The van der Waals surface area contributed by atoms with E-state index in [9.17, 15) is 0 Å². The molecule has 4 aliphatic rings. The van der Waals surface area contributed by atoms with Crippen LogP contribution in [0.4, 0.5) is 0 Å². The Bertz CT molecular complexity index is 728. The van der Waals surface area contributed by atoms with Gasteiger partial charge in [-0.2, -0.15) is 0 Å². The number of halogens is 1. The van der Waals surface area contributed by atoms with Gasteiger partial charge in [0.05, 0.1) is 0 Å². The quantitative estimate of drug-likeness (QED) is 0.350. The van der Waals surface area contributed by atoms with Gasteiger partial charge in [-0.25, -0.2) is 0 Å². The Kier molecular flexibility index (Phi) is 5.50. The summed E-state index contributed by atoms with van der Waals surface area (Å²) in [6.45, 7) is 11.6. The highest BCUT2D eigenvalue weighted by molar-refractivity contribution is 6.74. The summed E-state index contributed by atoms with van der Waals surface area (Å²) in [4.78, 5) is 0. The van der Waals surface area contributed by atoms with Crippen LogP contribution in [-0.4, -0.2) is 14.2 Å². The Hall–Kier alpha value is -0.733. The first-order valence-corrected chi connectivity index (χ1v) is 14.7. The summed E-state index contributed by atoms with van der Waals surface area (Å²) < 4.78 is 6.62. The maximum atomic E-state index is 6.62. The molecule has 0 unspecified atom stereocenters. The highest BCUT2D eigenvalue weighted by atomic mass is 35.5. The monoisotopic (exact) mass is 416 g/mol. The van der Waals surface area contributed by atoms with Crippen molar-refractivity contribution < 1.29 is 4.43 Å². The van der Waals surface area contributed by atoms with Crippen LogP contribution in [-0.2, 0) is 0 Å². The number of hydrogen-bond acceptors (Lipinski definition) is 1. The van der Waals surface area contributed by atoms with Crippen molar-refractivity contribution in [3.8, 4) is 5.75 Å². The molecule has 28 heavy (non-hydrogen) atoms. The highest BCUT2D eigenvalue weighted by Crippen LogP contribution is 2.58. The van der Waals surface area contributed by atoms with Gasteiger partial charge in [0.25, 0.3) is 0 Å². The predicted octanol–water partition coefficient (Wildman–Crippen LogP) is 7.91. The molecule has 0 aliphatic heterocycles. The van der Waals surface area contributed by atoms with E-state index in [4.69, 9.17) is 16.0 Å². The van der Waals surface area contributed by atoms with Gasteiger partial charge in [0.2, 0.25) is 8.32 Å². The van der Waals surface area contributed by atoms with E-state index in [-0.39, 0.29) is 5.04 Å². The van der Waals surface area contributed by atoms with Gasteiger partial charge in [-0.15, -0.1) is 11.6 Å². The lowest BCUT2D eigenvalue weighted by Crippen LogP contribution is -2.43. The van der Waals surface area contributed by atoms with E-state index >= 15 is 0 Å². The summed E-state index contributed by atoms with van der Waals surface area (Å²) in [5, 5.41) is 0.210. The van der Waals surface area contributed by atoms with Crippen LogP contribution in [0.15, 0.2) is 29.8 Å². The Morgan fingerprint density at radius 1 is 1.04 bits per heavy atom. The van der Waals surface area contributed by atoms with E-state index in [1.165, 1.54) is 37.7 Å². The van der Waals surface area contributed by atoms with Crippen LogP contribution in [0.2, 0.25) is 18.1 Å². The van der Waals surface area contributed by atoms with Crippen LogP contribution < -0.4 is 4.43 Å². The first kappa shape index (κ1) is 20.5. The summed E-state index contributed by atoms with van der Waals surface area (Å²) in [6.07, 6.45) is 8.19. The molecule has 3 heteroatoms. The maximum absolute atomic E-state index is 6.62. The van der Waals surface area contributed by atoms with Gasteiger partial charge in [-0.3, -0.25) is 0 Å². The Labute approximate surface area is 178 Å². The fourth-order valence-electron chi connectivity index (χ4n) is 5.93. The van der Waals surface area contributed by atoms with Crippen LogP contribution in [0.25, 0.3) is 5.57 Å². The molecule has 0 atom stereocenters. The van der Waals surface area contributed by atoms with Crippen LogP contribution in [0.5, 0.6) is 5.75 Å². The van der Waals surface area contributed by atoms with Gasteiger partial charge in [-0.1, -0.05) is 38.5 Å². The van der Waals surface area contributed by atoms with Gasteiger partial charge in [0.1, 0.15) is 5.75 Å². The molecule has 0 N–H and O–H groups in total. The second-order valence-electron chi connectivity index (χ2n) is 11.1. The molecule has 0 amide bonds. The largest absolute Gasteiger partial charge is 0.543 e. The van der Waals surface area contributed by atoms with E-state index in [2.05, 4.69) is 58.1 Å². The Balaban J connectivity index is 1.68. The molecule has 1 aromatic rings. The van der Waals surface area contributed by atoms with Crippen LogP contribution in [0.3, 0.4) is 0 Å². The molecule has 0 aromatic heterocycles. The van der Waals surface area contributed by atoms with E-state index in [1.807, 2.05) is 0 Å². The molecule has 5 rings (SSSR count). The first-order chi connectivity index (χ1) is 13.2. The molecular weight excluding hydrogens is 380 g/mol. The number of benzene rings is 1. The summed E-state index contributed by atoms with van der Waals surface area (Å²) in [5.41, 5.74) is 4.68. The van der Waals surface area contributed by atoms with Crippen molar-refractivity contribution in [3.05, 3.63) is 35.4 Å². The minimum atomic E-state index is -1.83. The second kappa shape index (κ2) is 7.51. The molecule has 0 radical (unpaired) electrons. The van der Waals surface area contributed by atoms with Gasteiger partial charge >= 0.3 is 0 Å². The van der Waals surface area contributed by atoms with Crippen LogP contribution in [0.1, 0.15) is 64.9 Å². The molecular formula is C25H37ClOSi. The Morgan fingerprint density at radius 2 is 1.64 bits per heavy atom. The minimum Gasteiger partial charge on any atom is -0.543 e. The van der Waals surface area contributed by atoms with Crippen molar-refractivity contribution in [1.82, 2.24) is 0 Å². The third kappa shape index (κ3) is 3.84. The molecule has 4 saturated carbocycles. The lowest BCUT2D eigenvalue weighted by Gasteiger charge is -2.52. The standard InChI is InChI=1S/C25H37ClOSi/c1-25(2,3)28(4,5)27-22-8-6-7-19(16-22)23(9-10-26)24-20-12-17-11-18(14-20)15-21(24)13-17/h6-8,16-18,20-21H,9-15H2,1-5H3. The summed E-state index contributed by atoms with van der Waals surface area (Å²) >= 11 is 6.31. The van der Waals surface area contributed by atoms with Crippen molar-refractivity contribution in [2.45, 2.75) is 77.4 Å². The van der Waals surface area contributed by atoms with Crippen molar-refractivity contribution in [2.24, 2.45) is 23.7 Å². The average Bonchev–Trinajstić information content (AvgIpc) is 2.59. The van der Waals surface area contributed by atoms with E-state index in [0.717, 1.165) is 35.8 Å². The number of rotatable bonds is 5. The van der Waals surface area contributed by atoms with Gasteiger partial charge in [0.15, 0.2) is 0 Å². The normalized spacial score (nSPS) is 29.3. The molecule has 4 fully saturated rings. The maximum Gasteiger partial charge on any atom is 0.250 e. The fraction of sp³-hybridized carbons (Fsp3) is 0.680. The molecule has 1 aromatic carbocycles. The zero-order valence-corrected chi connectivity index (χ0v) is 20.1. The van der Waals surface area contributed by atoms with Gasteiger partial charge < -0.3 is 4.43 Å². The zero-order chi connectivity index (χ0) is 20.1. The molecule has 0 spiro atoms. The minimum absolute atomic E-state index is 0.210. The fourth-order valence-corrected chi connectivity index (χ4v) is 7.14. The van der Waals surface area contributed by atoms with E-state index < -0.39 is 8.32 Å². The summed E-state index contributed by atoms with van der Waals surface area (Å²) in [6, 6.07) is 8.92. The van der Waals surface area contributed by atoms with Crippen molar-refractivity contribution in [3.63, 3.8) is 0 Å². The van der Waals surface area contributed by atoms with Gasteiger partial charge in [-0.05, 0) is 104 Å². The molecule has 1 nitrogen and oxygen atoms in total. The molecule has 4 bridgehead atoms. The lowest BCUT2D eigenvalue weighted by atomic mass is 9.53.